The lowest BCUT2D eigenvalue weighted by atomic mass is 10.3. The minimum absolute atomic E-state index is 0.0656. The van der Waals surface area contributed by atoms with E-state index in [9.17, 15) is 4.79 Å². The van der Waals surface area contributed by atoms with E-state index in [2.05, 4.69) is 9.97 Å². The summed E-state index contributed by atoms with van der Waals surface area (Å²) in [6, 6.07) is 3.04. The highest BCUT2D eigenvalue weighted by Crippen LogP contribution is 2.19. The molecule has 0 saturated heterocycles. The Hall–Kier alpha value is -0.910. The average Bonchev–Trinajstić information content (AvgIpc) is 2.45. The van der Waals surface area contributed by atoms with Crippen molar-refractivity contribution in [1.29, 1.82) is 0 Å². The summed E-state index contributed by atoms with van der Waals surface area (Å²) in [4.78, 5) is 17.5. The molecule has 0 bridgehead atoms. The van der Waals surface area contributed by atoms with E-state index >= 15 is 0 Å². The largest absolute Gasteiger partial charge is 0.392 e. The molecule has 2 aromatic heterocycles. The van der Waals surface area contributed by atoms with Crippen molar-refractivity contribution in [1.82, 2.24) is 9.97 Å². The van der Waals surface area contributed by atoms with Crippen molar-refractivity contribution in [3.8, 4) is 0 Å². The number of hydrogen-bond donors (Lipinski definition) is 1. The van der Waals surface area contributed by atoms with Gasteiger partial charge in [0.05, 0.1) is 16.7 Å². The second kappa shape index (κ2) is 8.39. The van der Waals surface area contributed by atoms with Gasteiger partial charge < -0.3 is 5.11 Å². The third-order valence-corrected chi connectivity index (χ3v) is 3.36. The number of carbonyl (C=O) groups excluding carboxylic acids is 1. The number of pyridine rings is 2. The van der Waals surface area contributed by atoms with E-state index in [1.807, 2.05) is 0 Å². The molecule has 2 aromatic rings. The van der Waals surface area contributed by atoms with Gasteiger partial charge in [-0.25, -0.2) is 9.97 Å². The Bertz CT molecular complexity index is 608. The second-order valence-corrected chi connectivity index (χ2v) is 4.96. The SMILES string of the molecule is O=Cc1cnc(Cl)c(Cl)c1.OCc1cnc(Cl)c(Cl)c1. The van der Waals surface area contributed by atoms with Crippen LogP contribution in [0.15, 0.2) is 24.5 Å². The summed E-state index contributed by atoms with van der Waals surface area (Å²) in [5, 5.41) is 9.76. The fourth-order valence-corrected chi connectivity index (χ4v) is 1.62. The Kier molecular flexibility index (Phi) is 7.19. The Labute approximate surface area is 135 Å². The molecule has 2 rings (SSSR count). The zero-order chi connectivity index (χ0) is 15.1. The summed E-state index contributed by atoms with van der Waals surface area (Å²) in [7, 11) is 0. The first kappa shape index (κ1) is 17.1. The Balaban J connectivity index is 0.000000200. The van der Waals surface area contributed by atoms with E-state index in [0.29, 0.717) is 27.5 Å². The lowest BCUT2D eigenvalue weighted by molar-refractivity contribution is 0.112. The van der Waals surface area contributed by atoms with Crippen LogP contribution in [0.5, 0.6) is 0 Å². The summed E-state index contributed by atoms with van der Waals surface area (Å²) >= 11 is 22.1. The minimum atomic E-state index is -0.0656. The summed E-state index contributed by atoms with van der Waals surface area (Å²) in [6.07, 6.45) is 3.50. The van der Waals surface area contributed by atoms with E-state index < -0.39 is 0 Å². The number of rotatable bonds is 2. The zero-order valence-electron chi connectivity index (χ0n) is 9.86. The maximum absolute atomic E-state index is 10.1. The molecular weight excluding hydrogens is 346 g/mol. The normalized spacial score (nSPS) is 9.65. The number of halogens is 4. The molecule has 0 atom stereocenters. The molecule has 0 saturated carbocycles. The van der Waals surface area contributed by atoms with Crippen LogP contribution in [0.25, 0.3) is 0 Å². The number of hydrogen-bond acceptors (Lipinski definition) is 4. The van der Waals surface area contributed by atoms with Crippen molar-refractivity contribution >= 4 is 52.7 Å². The molecule has 0 fully saturated rings. The molecule has 1 N–H and O–H groups in total. The molecule has 0 amide bonds. The van der Waals surface area contributed by atoms with Crippen molar-refractivity contribution in [2.45, 2.75) is 6.61 Å². The van der Waals surface area contributed by atoms with Gasteiger partial charge in [0.1, 0.15) is 10.3 Å². The van der Waals surface area contributed by atoms with Gasteiger partial charge in [-0.2, -0.15) is 0 Å². The van der Waals surface area contributed by atoms with Crippen LogP contribution in [0.3, 0.4) is 0 Å². The zero-order valence-corrected chi connectivity index (χ0v) is 12.9. The first-order valence-corrected chi connectivity index (χ1v) is 6.66. The fraction of sp³-hybridized carbons (Fsp3) is 0.0833. The summed E-state index contributed by atoms with van der Waals surface area (Å²) in [5.41, 5.74) is 1.09. The van der Waals surface area contributed by atoms with Crippen LogP contribution in [-0.2, 0) is 6.61 Å². The number of carbonyl (C=O) groups is 1. The van der Waals surface area contributed by atoms with Gasteiger partial charge in [-0.05, 0) is 17.7 Å². The van der Waals surface area contributed by atoms with Crippen LogP contribution in [0.2, 0.25) is 20.4 Å². The van der Waals surface area contributed by atoms with E-state index in [0.717, 1.165) is 0 Å². The van der Waals surface area contributed by atoms with Crippen LogP contribution in [-0.4, -0.2) is 21.4 Å². The molecule has 0 aromatic carbocycles. The highest BCUT2D eigenvalue weighted by atomic mass is 35.5. The molecular formula is C12H8Cl4N2O2. The molecule has 20 heavy (non-hydrogen) atoms. The Morgan fingerprint density at radius 2 is 1.55 bits per heavy atom. The third-order valence-electron chi connectivity index (χ3n) is 1.99. The molecule has 4 nitrogen and oxygen atoms in total. The van der Waals surface area contributed by atoms with Crippen molar-refractivity contribution in [3.05, 3.63) is 56.0 Å². The van der Waals surface area contributed by atoms with Crippen LogP contribution >= 0.6 is 46.4 Å². The molecule has 0 radical (unpaired) electrons. The second-order valence-electron chi connectivity index (χ2n) is 3.43. The van der Waals surface area contributed by atoms with Gasteiger partial charge in [-0.15, -0.1) is 0 Å². The van der Waals surface area contributed by atoms with Crippen molar-refractivity contribution in [2.75, 3.05) is 0 Å². The molecule has 0 spiro atoms. The average molecular weight is 354 g/mol. The van der Waals surface area contributed by atoms with Gasteiger partial charge in [-0.1, -0.05) is 46.4 Å². The quantitative estimate of drug-likeness (QED) is 0.652. The number of aromatic nitrogens is 2. The highest BCUT2D eigenvalue weighted by Gasteiger charge is 1.99. The summed E-state index contributed by atoms with van der Waals surface area (Å²) in [5.74, 6) is 0. The predicted molar refractivity (Wildman–Crippen MR) is 79.8 cm³/mol. The van der Waals surface area contributed by atoms with Crippen molar-refractivity contribution < 1.29 is 9.90 Å². The smallest absolute Gasteiger partial charge is 0.151 e. The monoisotopic (exact) mass is 352 g/mol. The molecule has 8 heteroatoms. The molecule has 2 heterocycles. The van der Waals surface area contributed by atoms with Crippen LogP contribution in [0.4, 0.5) is 0 Å². The fourth-order valence-electron chi connectivity index (χ4n) is 1.05. The van der Waals surface area contributed by atoms with Gasteiger partial charge >= 0.3 is 0 Å². The highest BCUT2D eigenvalue weighted by molar-refractivity contribution is 6.41. The number of nitrogens with zero attached hydrogens (tertiary/aromatic N) is 2. The van der Waals surface area contributed by atoms with E-state index in [1.54, 1.807) is 6.07 Å². The van der Waals surface area contributed by atoms with Gasteiger partial charge in [0, 0.05) is 18.0 Å². The lowest BCUT2D eigenvalue weighted by Crippen LogP contribution is -1.85. The Morgan fingerprint density at radius 3 is 2.00 bits per heavy atom. The lowest BCUT2D eigenvalue weighted by Gasteiger charge is -1.96. The summed E-state index contributed by atoms with van der Waals surface area (Å²) in [6.45, 7) is -0.0656. The maximum Gasteiger partial charge on any atom is 0.151 e. The van der Waals surface area contributed by atoms with Crippen LogP contribution in [0.1, 0.15) is 15.9 Å². The molecule has 0 aliphatic carbocycles. The molecule has 0 unspecified atom stereocenters. The standard InChI is InChI=1S/C6H5Cl2NO.C6H3Cl2NO/c2*7-5-1-4(3-10)2-9-6(5)8/h1-2,10H,3H2;1-3H. The van der Waals surface area contributed by atoms with Gasteiger partial charge in [0.15, 0.2) is 6.29 Å². The van der Waals surface area contributed by atoms with Gasteiger partial charge in [0.25, 0.3) is 0 Å². The van der Waals surface area contributed by atoms with E-state index in [4.69, 9.17) is 51.5 Å². The molecule has 0 aliphatic heterocycles. The maximum atomic E-state index is 10.1. The minimum Gasteiger partial charge on any atom is -0.392 e. The summed E-state index contributed by atoms with van der Waals surface area (Å²) < 4.78 is 0. The van der Waals surface area contributed by atoms with Crippen molar-refractivity contribution in [2.24, 2.45) is 0 Å². The molecule has 106 valence electrons. The first-order chi connectivity index (χ1) is 9.47. The Morgan fingerprint density at radius 1 is 1.00 bits per heavy atom. The van der Waals surface area contributed by atoms with E-state index in [-0.39, 0.29) is 16.9 Å². The number of aliphatic hydroxyl groups is 1. The van der Waals surface area contributed by atoms with Gasteiger partial charge in [-0.3, -0.25) is 4.79 Å². The third kappa shape index (κ3) is 5.23. The first-order valence-electron chi connectivity index (χ1n) is 5.15. The van der Waals surface area contributed by atoms with E-state index in [1.165, 1.54) is 18.5 Å². The topological polar surface area (TPSA) is 63.1 Å². The predicted octanol–water partition coefficient (Wildman–Crippen LogP) is 4.08. The van der Waals surface area contributed by atoms with Crippen molar-refractivity contribution in [3.63, 3.8) is 0 Å². The number of aliphatic hydroxyl groups excluding tert-OH is 1. The van der Waals surface area contributed by atoms with Gasteiger partial charge in [0.2, 0.25) is 0 Å². The van der Waals surface area contributed by atoms with Crippen LogP contribution < -0.4 is 0 Å². The number of aldehydes is 1. The van der Waals surface area contributed by atoms with Crippen LogP contribution in [0, 0.1) is 0 Å². The molecule has 0 aliphatic rings.